The van der Waals surface area contributed by atoms with E-state index in [1.54, 1.807) is 6.08 Å². The number of benzene rings is 1. The molecule has 4 heteroatoms. The zero-order valence-electron chi connectivity index (χ0n) is 11.1. The molecule has 1 aliphatic heterocycles. The van der Waals surface area contributed by atoms with Gasteiger partial charge < -0.3 is 10.6 Å². The fourth-order valence-corrected chi connectivity index (χ4v) is 2.03. The van der Waals surface area contributed by atoms with Gasteiger partial charge in [0, 0.05) is 0 Å². The van der Waals surface area contributed by atoms with Crippen LogP contribution in [0.2, 0.25) is 0 Å². The molecule has 1 heterocycles. The van der Waals surface area contributed by atoms with Gasteiger partial charge in [0.25, 0.3) is 5.91 Å². The topological polar surface area (TPSA) is 58.2 Å². The Bertz CT molecular complexity index is 506. The van der Waals surface area contributed by atoms with Gasteiger partial charge in [-0.3, -0.25) is 9.59 Å². The summed E-state index contributed by atoms with van der Waals surface area (Å²) in [6.07, 6.45) is 2.33. The highest BCUT2D eigenvalue weighted by Gasteiger charge is 2.29. The molecule has 19 heavy (non-hydrogen) atoms. The summed E-state index contributed by atoms with van der Waals surface area (Å²) in [6, 6.07) is 9.01. The fraction of sp³-hybridized carbons (Fsp3) is 0.333. The summed E-state index contributed by atoms with van der Waals surface area (Å²) in [5, 5.41) is 5.43. The van der Waals surface area contributed by atoms with E-state index in [-0.39, 0.29) is 11.8 Å². The molecule has 0 saturated carbocycles. The monoisotopic (exact) mass is 258 g/mol. The van der Waals surface area contributed by atoms with Crippen LogP contribution in [-0.4, -0.2) is 17.9 Å². The first-order chi connectivity index (χ1) is 9.06. The smallest absolute Gasteiger partial charge is 0.268 e. The van der Waals surface area contributed by atoms with Crippen LogP contribution in [0, 0.1) is 5.92 Å². The highest BCUT2D eigenvalue weighted by molar-refractivity contribution is 6.07. The lowest BCUT2D eigenvalue weighted by molar-refractivity contribution is -0.131. The van der Waals surface area contributed by atoms with E-state index < -0.39 is 6.04 Å². The minimum absolute atomic E-state index is 0.143. The maximum absolute atomic E-state index is 11.9. The molecule has 2 N–H and O–H groups in total. The second-order valence-corrected chi connectivity index (χ2v) is 5.11. The van der Waals surface area contributed by atoms with Crippen LogP contribution in [0.3, 0.4) is 0 Å². The molecular weight excluding hydrogens is 240 g/mol. The predicted octanol–water partition coefficient (Wildman–Crippen LogP) is 1.69. The largest absolute Gasteiger partial charge is 0.339 e. The van der Waals surface area contributed by atoms with E-state index in [0.717, 1.165) is 5.56 Å². The van der Waals surface area contributed by atoms with Crippen LogP contribution in [0.5, 0.6) is 0 Å². The zero-order chi connectivity index (χ0) is 13.8. The number of hydrogen-bond acceptors (Lipinski definition) is 2. The normalized spacial score (nSPS) is 21.4. The molecule has 0 bridgehead atoms. The molecule has 0 radical (unpaired) electrons. The van der Waals surface area contributed by atoms with Gasteiger partial charge in [-0.25, -0.2) is 0 Å². The van der Waals surface area contributed by atoms with Crippen molar-refractivity contribution in [2.75, 3.05) is 0 Å². The molecule has 1 saturated heterocycles. The lowest BCUT2D eigenvalue weighted by Gasteiger charge is -2.26. The van der Waals surface area contributed by atoms with Gasteiger partial charge in [0.2, 0.25) is 5.91 Å². The van der Waals surface area contributed by atoms with E-state index in [2.05, 4.69) is 10.6 Å². The summed E-state index contributed by atoms with van der Waals surface area (Å²) in [4.78, 5) is 23.9. The molecule has 1 atom stereocenters. The van der Waals surface area contributed by atoms with Crippen molar-refractivity contribution in [2.24, 2.45) is 5.92 Å². The van der Waals surface area contributed by atoms with Gasteiger partial charge in [-0.1, -0.05) is 44.2 Å². The Morgan fingerprint density at radius 1 is 1.21 bits per heavy atom. The average Bonchev–Trinajstić information content (AvgIpc) is 2.36. The van der Waals surface area contributed by atoms with Crippen LogP contribution in [0.25, 0.3) is 6.08 Å². The molecule has 1 aromatic carbocycles. The summed E-state index contributed by atoms with van der Waals surface area (Å²) in [5.74, 6) is -0.0136. The average molecular weight is 258 g/mol. The van der Waals surface area contributed by atoms with E-state index >= 15 is 0 Å². The lowest BCUT2D eigenvalue weighted by atomic mass is 10.0. The van der Waals surface area contributed by atoms with Gasteiger partial charge in [-0.05, 0) is 24.0 Å². The second kappa shape index (κ2) is 5.69. The quantitative estimate of drug-likeness (QED) is 0.811. The van der Waals surface area contributed by atoms with Gasteiger partial charge >= 0.3 is 0 Å². The second-order valence-electron chi connectivity index (χ2n) is 5.11. The van der Waals surface area contributed by atoms with Gasteiger partial charge in [0.15, 0.2) is 0 Å². The SMILES string of the molecule is CC(C)C[C@@H]1NC(=O)/C(=C/c2ccccc2)NC1=O. The molecule has 1 fully saturated rings. The van der Waals surface area contributed by atoms with Crippen molar-refractivity contribution >= 4 is 17.9 Å². The molecule has 0 aromatic heterocycles. The molecule has 100 valence electrons. The van der Waals surface area contributed by atoms with E-state index in [1.165, 1.54) is 0 Å². The molecule has 0 unspecified atom stereocenters. The maximum atomic E-state index is 11.9. The zero-order valence-corrected chi connectivity index (χ0v) is 11.1. The highest BCUT2D eigenvalue weighted by atomic mass is 16.2. The maximum Gasteiger partial charge on any atom is 0.268 e. The Morgan fingerprint density at radius 3 is 2.53 bits per heavy atom. The third kappa shape index (κ3) is 3.44. The standard InChI is InChI=1S/C15H18N2O2/c1-10(2)8-12-14(18)17-13(15(19)16-12)9-11-6-4-3-5-7-11/h3-7,9-10,12H,8H2,1-2H3,(H,16,19)(H,17,18)/b13-9-/t12-/m0/s1. The van der Waals surface area contributed by atoms with Crippen molar-refractivity contribution in [1.82, 2.24) is 10.6 Å². The van der Waals surface area contributed by atoms with Crippen molar-refractivity contribution in [1.29, 1.82) is 0 Å². The summed E-state index contributed by atoms with van der Waals surface area (Å²) in [7, 11) is 0. The van der Waals surface area contributed by atoms with Crippen molar-refractivity contribution < 1.29 is 9.59 Å². The summed E-state index contributed by atoms with van der Waals surface area (Å²) < 4.78 is 0. The first kappa shape index (κ1) is 13.3. The van der Waals surface area contributed by atoms with Crippen LogP contribution in [0.1, 0.15) is 25.8 Å². The molecule has 1 aromatic rings. The van der Waals surface area contributed by atoms with Crippen LogP contribution in [0.15, 0.2) is 36.0 Å². The summed E-state index contributed by atoms with van der Waals surface area (Å²) in [5.41, 5.74) is 1.19. The van der Waals surface area contributed by atoms with Crippen LogP contribution in [0.4, 0.5) is 0 Å². The molecule has 2 amide bonds. The van der Waals surface area contributed by atoms with E-state index in [1.807, 2.05) is 44.2 Å². The number of nitrogens with one attached hydrogen (secondary N) is 2. The Labute approximate surface area is 112 Å². The van der Waals surface area contributed by atoms with Gasteiger partial charge in [0.05, 0.1) is 0 Å². The van der Waals surface area contributed by atoms with Gasteiger partial charge in [-0.2, -0.15) is 0 Å². The van der Waals surface area contributed by atoms with Gasteiger partial charge in [-0.15, -0.1) is 0 Å². The minimum atomic E-state index is -0.430. The van der Waals surface area contributed by atoms with E-state index in [9.17, 15) is 9.59 Å². The van der Waals surface area contributed by atoms with Crippen molar-refractivity contribution in [3.63, 3.8) is 0 Å². The fourth-order valence-electron chi connectivity index (χ4n) is 2.03. The number of carbonyl (C=O) groups is 2. The lowest BCUT2D eigenvalue weighted by Crippen LogP contribution is -2.55. The molecular formula is C15H18N2O2. The molecule has 0 aliphatic carbocycles. The van der Waals surface area contributed by atoms with Crippen molar-refractivity contribution in [2.45, 2.75) is 26.3 Å². The first-order valence-electron chi connectivity index (χ1n) is 6.44. The number of piperazine rings is 1. The third-order valence-electron chi connectivity index (χ3n) is 2.94. The van der Waals surface area contributed by atoms with E-state index in [4.69, 9.17) is 0 Å². The number of hydrogen-bond donors (Lipinski definition) is 2. The third-order valence-corrected chi connectivity index (χ3v) is 2.94. The molecule has 0 spiro atoms. The molecule has 1 aliphatic rings. The number of carbonyl (C=O) groups excluding carboxylic acids is 2. The Morgan fingerprint density at radius 2 is 1.89 bits per heavy atom. The van der Waals surface area contributed by atoms with Crippen LogP contribution < -0.4 is 10.6 Å². The summed E-state index contributed by atoms with van der Waals surface area (Å²) in [6.45, 7) is 4.05. The number of rotatable bonds is 3. The first-order valence-corrected chi connectivity index (χ1v) is 6.44. The Balaban J connectivity index is 2.13. The predicted molar refractivity (Wildman–Crippen MR) is 73.9 cm³/mol. The van der Waals surface area contributed by atoms with Gasteiger partial charge in [0.1, 0.15) is 11.7 Å². The van der Waals surface area contributed by atoms with E-state index in [0.29, 0.717) is 18.0 Å². The summed E-state index contributed by atoms with van der Waals surface area (Å²) >= 11 is 0. The van der Waals surface area contributed by atoms with Crippen LogP contribution in [-0.2, 0) is 9.59 Å². The van der Waals surface area contributed by atoms with Crippen LogP contribution >= 0.6 is 0 Å². The highest BCUT2D eigenvalue weighted by Crippen LogP contribution is 2.12. The Hall–Kier alpha value is -2.10. The minimum Gasteiger partial charge on any atom is -0.339 e. The Kier molecular flexibility index (Phi) is 4.00. The molecule has 2 rings (SSSR count). The van der Waals surface area contributed by atoms with Crippen molar-refractivity contribution in [3.8, 4) is 0 Å². The van der Waals surface area contributed by atoms with Crippen molar-refractivity contribution in [3.05, 3.63) is 41.6 Å². The number of amides is 2. The molecule has 4 nitrogen and oxygen atoms in total.